The van der Waals surface area contributed by atoms with Crippen molar-refractivity contribution < 1.29 is 4.74 Å². The van der Waals surface area contributed by atoms with Crippen molar-refractivity contribution in [3.05, 3.63) is 28.2 Å². The highest BCUT2D eigenvalue weighted by Gasteiger charge is 2.00. The molecule has 0 aliphatic heterocycles. The molecule has 0 aromatic heterocycles. The van der Waals surface area contributed by atoms with E-state index in [2.05, 4.69) is 33.4 Å². The Kier molecular flexibility index (Phi) is 6.97. The third-order valence-electron chi connectivity index (χ3n) is 1.68. The summed E-state index contributed by atoms with van der Waals surface area (Å²) in [4.78, 5) is 0. The van der Waals surface area contributed by atoms with Crippen LogP contribution in [0.1, 0.15) is 12.5 Å². The highest BCUT2D eigenvalue weighted by molar-refractivity contribution is 9.10. The zero-order valence-corrected chi connectivity index (χ0v) is 10.7. The van der Waals surface area contributed by atoms with Gasteiger partial charge in [0.1, 0.15) is 5.75 Å². The second-order valence-corrected chi connectivity index (χ2v) is 3.58. The van der Waals surface area contributed by atoms with Crippen LogP contribution in [0.3, 0.4) is 0 Å². The average Bonchev–Trinajstić information content (AvgIpc) is 2.10. The molecule has 0 radical (unpaired) electrons. The van der Waals surface area contributed by atoms with Gasteiger partial charge in [0, 0.05) is 6.54 Å². The molecule has 80 valence electrons. The molecule has 0 aliphatic rings. The fraction of sp³-hybridized carbons (Fsp3) is 0.400. The molecule has 0 fully saturated rings. The van der Waals surface area contributed by atoms with Gasteiger partial charge in [-0.05, 0) is 47.6 Å². The van der Waals surface area contributed by atoms with E-state index in [0.29, 0.717) is 6.61 Å². The van der Waals surface area contributed by atoms with Crippen LogP contribution < -0.4 is 10.1 Å². The molecule has 0 bridgehead atoms. The van der Waals surface area contributed by atoms with E-state index in [1.54, 1.807) is 0 Å². The van der Waals surface area contributed by atoms with Crippen molar-refractivity contribution in [1.29, 1.82) is 0 Å². The largest absolute Gasteiger partial charge is 0.493 e. The van der Waals surface area contributed by atoms with Crippen LogP contribution in [0.15, 0.2) is 22.7 Å². The third-order valence-corrected chi connectivity index (χ3v) is 2.30. The van der Waals surface area contributed by atoms with E-state index in [0.717, 1.165) is 16.8 Å². The zero-order valence-electron chi connectivity index (χ0n) is 8.34. The number of ether oxygens (including phenoxy) is 1. The van der Waals surface area contributed by atoms with Crippen LogP contribution in [0, 0.1) is 0 Å². The quantitative estimate of drug-likeness (QED) is 0.915. The summed E-state index contributed by atoms with van der Waals surface area (Å²) in [6, 6.07) is 6.12. The lowest BCUT2D eigenvalue weighted by molar-refractivity contribution is 0.338. The van der Waals surface area contributed by atoms with Gasteiger partial charge >= 0.3 is 0 Å². The minimum atomic E-state index is 0. The van der Waals surface area contributed by atoms with Crippen LogP contribution in [-0.2, 0) is 6.54 Å². The van der Waals surface area contributed by atoms with Gasteiger partial charge in [0.2, 0.25) is 0 Å². The maximum Gasteiger partial charge on any atom is 0.133 e. The van der Waals surface area contributed by atoms with Crippen molar-refractivity contribution in [2.45, 2.75) is 13.5 Å². The summed E-state index contributed by atoms with van der Waals surface area (Å²) in [6.07, 6.45) is 0. The fourth-order valence-electron chi connectivity index (χ4n) is 1.13. The van der Waals surface area contributed by atoms with Crippen LogP contribution >= 0.6 is 28.3 Å². The summed E-state index contributed by atoms with van der Waals surface area (Å²) in [6.45, 7) is 3.56. The molecule has 0 atom stereocenters. The Bertz CT molecular complexity index is 281. The first kappa shape index (κ1) is 13.8. The lowest BCUT2D eigenvalue weighted by Gasteiger charge is -2.07. The Morgan fingerprint density at radius 3 is 2.64 bits per heavy atom. The second kappa shape index (κ2) is 7.10. The fourth-order valence-corrected chi connectivity index (χ4v) is 1.67. The van der Waals surface area contributed by atoms with Crippen molar-refractivity contribution in [2.75, 3.05) is 13.7 Å². The smallest absolute Gasteiger partial charge is 0.133 e. The summed E-state index contributed by atoms with van der Waals surface area (Å²) in [5, 5.41) is 3.10. The van der Waals surface area contributed by atoms with Crippen LogP contribution in [-0.4, -0.2) is 13.7 Å². The molecule has 0 spiro atoms. The maximum absolute atomic E-state index is 5.40. The predicted molar refractivity (Wildman–Crippen MR) is 65.3 cm³/mol. The van der Waals surface area contributed by atoms with Crippen LogP contribution in [0.2, 0.25) is 0 Å². The zero-order chi connectivity index (χ0) is 9.68. The molecule has 0 saturated heterocycles. The molecule has 0 unspecified atom stereocenters. The van der Waals surface area contributed by atoms with E-state index in [-0.39, 0.29) is 12.4 Å². The molecular formula is C10H15BrClNO. The molecule has 1 aromatic rings. The number of hydrogen-bond donors (Lipinski definition) is 1. The second-order valence-electron chi connectivity index (χ2n) is 2.73. The van der Waals surface area contributed by atoms with Gasteiger partial charge in [0.25, 0.3) is 0 Å². The van der Waals surface area contributed by atoms with Crippen LogP contribution in [0.5, 0.6) is 5.75 Å². The van der Waals surface area contributed by atoms with Crippen molar-refractivity contribution in [2.24, 2.45) is 0 Å². The number of hydrogen-bond acceptors (Lipinski definition) is 2. The summed E-state index contributed by atoms with van der Waals surface area (Å²) in [5.41, 5.74) is 1.25. The topological polar surface area (TPSA) is 21.3 Å². The molecule has 1 N–H and O–H groups in total. The molecule has 1 rings (SSSR count). The summed E-state index contributed by atoms with van der Waals surface area (Å²) < 4.78 is 6.42. The lowest BCUT2D eigenvalue weighted by atomic mass is 10.2. The molecule has 0 aliphatic carbocycles. The lowest BCUT2D eigenvalue weighted by Crippen LogP contribution is -2.05. The van der Waals surface area contributed by atoms with Gasteiger partial charge in [-0.2, -0.15) is 0 Å². The minimum Gasteiger partial charge on any atom is -0.493 e. The van der Waals surface area contributed by atoms with Gasteiger partial charge in [0.15, 0.2) is 0 Å². The molecule has 4 heteroatoms. The van der Waals surface area contributed by atoms with Gasteiger partial charge in [-0.3, -0.25) is 0 Å². The molecule has 0 amide bonds. The van der Waals surface area contributed by atoms with Gasteiger partial charge in [0.05, 0.1) is 11.1 Å². The maximum atomic E-state index is 5.40. The van der Waals surface area contributed by atoms with E-state index in [4.69, 9.17) is 4.74 Å². The van der Waals surface area contributed by atoms with Gasteiger partial charge in [-0.25, -0.2) is 0 Å². The first-order valence-electron chi connectivity index (χ1n) is 4.33. The number of benzene rings is 1. The third kappa shape index (κ3) is 3.86. The average molecular weight is 281 g/mol. The summed E-state index contributed by atoms with van der Waals surface area (Å²) in [5.74, 6) is 0.905. The van der Waals surface area contributed by atoms with Crippen LogP contribution in [0.25, 0.3) is 0 Å². The van der Waals surface area contributed by atoms with Gasteiger partial charge < -0.3 is 10.1 Å². The molecular weight excluding hydrogens is 265 g/mol. The van der Waals surface area contributed by atoms with Gasteiger partial charge in [-0.15, -0.1) is 12.4 Å². The van der Waals surface area contributed by atoms with E-state index in [1.165, 1.54) is 5.56 Å². The first-order valence-corrected chi connectivity index (χ1v) is 5.13. The Hall–Kier alpha value is -0.250. The Morgan fingerprint density at radius 2 is 2.14 bits per heavy atom. The highest BCUT2D eigenvalue weighted by Crippen LogP contribution is 2.25. The molecule has 0 heterocycles. The van der Waals surface area contributed by atoms with E-state index >= 15 is 0 Å². The Morgan fingerprint density at radius 1 is 1.43 bits per heavy atom. The van der Waals surface area contributed by atoms with E-state index < -0.39 is 0 Å². The van der Waals surface area contributed by atoms with Crippen molar-refractivity contribution in [3.8, 4) is 5.75 Å². The molecule has 14 heavy (non-hydrogen) atoms. The monoisotopic (exact) mass is 279 g/mol. The van der Waals surface area contributed by atoms with Crippen LogP contribution in [0.4, 0.5) is 0 Å². The predicted octanol–water partition coefficient (Wildman–Crippen LogP) is 2.99. The standard InChI is InChI=1S/C10H14BrNO.ClH/c1-3-13-10-5-4-8(7-12-2)6-9(10)11;/h4-6,12H,3,7H2,1-2H3;1H. The molecule has 2 nitrogen and oxygen atoms in total. The highest BCUT2D eigenvalue weighted by atomic mass is 79.9. The van der Waals surface area contributed by atoms with Crippen molar-refractivity contribution >= 4 is 28.3 Å². The number of nitrogens with one attached hydrogen (secondary N) is 1. The summed E-state index contributed by atoms with van der Waals surface area (Å²) in [7, 11) is 1.93. The SMILES string of the molecule is CCOc1ccc(CNC)cc1Br.Cl. The van der Waals surface area contributed by atoms with Crippen molar-refractivity contribution in [3.63, 3.8) is 0 Å². The Balaban J connectivity index is 0.00000169. The summed E-state index contributed by atoms with van der Waals surface area (Å²) >= 11 is 3.47. The minimum absolute atomic E-state index is 0. The first-order chi connectivity index (χ1) is 6.27. The number of halogens is 2. The number of rotatable bonds is 4. The van der Waals surface area contributed by atoms with E-state index in [1.807, 2.05) is 20.0 Å². The van der Waals surface area contributed by atoms with Crippen molar-refractivity contribution in [1.82, 2.24) is 5.32 Å². The molecule has 1 aromatic carbocycles. The normalized spacial score (nSPS) is 9.36. The van der Waals surface area contributed by atoms with Gasteiger partial charge in [-0.1, -0.05) is 6.07 Å². The molecule has 0 saturated carbocycles. The van der Waals surface area contributed by atoms with E-state index in [9.17, 15) is 0 Å². The Labute approximate surface area is 99.6 Å².